The van der Waals surface area contributed by atoms with Gasteiger partial charge in [0.25, 0.3) is 0 Å². The van der Waals surface area contributed by atoms with E-state index in [0.717, 1.165) is 42.3 Å². The summed E-state index contributed by atoms with van der Waals surface area (Å²) in [5.41, 5.74) is 4.52. The molecule has 0 spiro atoms. The molecule has 4 rings (SSSR count). The van der Waals surface area contributed by atoms with Crippen LogP contribution >= 0.6 is 0 Å². The summed E-state index contributed by atoms with van der Waals surface area (Å²) in [6.07, 6.45) is 4.03. The Morgan fingerprint density at radius 3 is 3.20 bits per heavy atom. The molecule has 1 atom stereocenters. The van der Waals surface area contributed by atoms with Crippen LogP contribution < -0.4 is 10.2 Å². The lowest BCUT2D eigenvalue weighted by molar-refractivity contribution is 0.788. The van der Waals surface area contributed by atoms with Gasteiger partial charge in [0, 0.05) is 36.6 Å². The predicted molar refractivity (Wildman–Crippen MR) is 81.1 cm³/mol. The van der Waals surface area contributed by atoms with Crippen molar-refractivity contribution in [2.45, 2.75) is 25.8 Å². The van der Waals surface area contributed by atoms with E-state index in [1.165, 1.54) is 12.1 Å². The number of hydrogen-bond acceptors (Lipinski definition) is 4. The van der Waals surface area contributed by atoms with Gasteiger partial charge in [0.05, 0.1) is 11.4 Å². The van der Waals surface area contributed by atoms with E-state index in [4.69, 9.17) is 4.98 Å². The lowest BCUT2D eigenvalue weighted by Crippen LogP contribution is -2.32. The second-order valence-corrected chi connectivity index (χ2v) is 5.53. The molecule has 0 saturated carbocycles. The van der Waals surface area contributed by atoms with Crippen molar-refractivity contribution in [3.8, 4) is 11.3 Å². The maximum atomic E-state index is 4.82. The summed E-state index contributed by atoms with van der Waals surface area (Å²) in [4.78, 5) is 11.6. The van der Waals surface area contributed by atoms with Crippen molar-refractivity contribution in [3.05, 3.63) is 36.2 Å². The van der Waals surface area contributed by atoms with Crippen LogP contribution in [-0.4, -0.2) is 29.1 Å². The third-order valence-electron chi connectivity index (χ3n) is 4.22. The number of nitrogens with one attached hydrogen (secondary N) is 1. The van der Waals surface area contributed by atoms with Crippen molar-refractivity contribution in [2.24, 2.45) is 0 Å². The molecule has 0 unspecified atom stereocenters. The Labute approximate surface area is 118 Å². The molecule has 102 valence electrons. The van der Waals surface area contributed by atoms with Crippen LogP contribution in [0.3, 0.4) is 0 Å². The number of anilines is 2. The first-order valence-corrected chi connectivity index (χ1v) is 7.31. The number of hydrogen-bond donors (Lipinski definition) is 1. The Balaban J connectivity index is 1.75. The van der Waals surface area contributed by atoms with Gasteiger partial charge in [-0.3, -0.25) is 4.98 Å². The van der Waals surface area contributed by atoms with Crippen molar-refractivity contribution in [2.75, 3.05) is 23.3 Å². The number of rotatable bonds is 2. The first-order chi connectivity index (χ1) is 9.83. The fourth-order valence-corrected chi connectivity index (χ4v) is 3.10. The molecule has 20 heavy (non-hydrogen) atoms. The van der Waals surface area contributed by atoms with Crippen LogP contribution in [0.25, 0.3) is 11.3 Å². The highest BCUT2D eigenvalue weighted by atomic mass is 15.3. The minimum absolute atomic E-state index is 0.564. The highest BCUT2D eigenvalue weighted by Gasteiger charge is 2.30. The van der Waals surface area contributed by atoms with Crippen LogP contribution in [0.4, 0.5) is 11.5 Å². The highest BCUT2D eigenvalue weighted by molar-refractivity contribution is 5.74. The number of aromatic nitrogens is 2. The topological polar surface area (TPSA) is 41.1 Å². The molecule has 0 radical (unpaired) electrons. The van der Waals surface area contributed by atoms with E-state index in [-0.39, 0.29) is 0 Å². The van der Waals surface area contributed by atoms with E-state index >= 15 is 0 Å². The number of pyridine rings is 2. The van der Waals surface area contributed by atoms with Gasteiger partial charge >= 0.3 is 0 Å². The molecule has 1 N–H and O–H groups in total. The smallest absolute Gasteiger partial charge is 0.150 e. The van der Waals surface area contributed by atoms with Crippen LogP contribution in [0, 0.1) is 0 Å². The standard InChI is InChI=1S/C16H18N4/c1-2-12-9-11(5-7-17-12)14-3-4-15-16(19-14)18-13-6-8-20(15)10-13/h3-5,7,9,13H,2,6,8,10H2,1H3,(H,18,19)/t13-/m0/s1. The third kappa shape index (κ3) is 1.83. The van der Waals surface area contributed by atoms with Crippen molar-refractivity contribution in [1.82, 2.24) is 9.97 Å². The van der Waals surface area contributed by atoms with Gasteiger partial charge in [-0.2, -0.15) is 0 Å². The Kier molecular flexibility index (Phi) is 2.62. The first-order valence-electron chi connectivity index (χ1n) is 7.31. The van der Waals surface area contributed by atoms with Crippen LogP contribution in [-0.2, 0) is 6.42 Å². The Bertz CT molecular complexity index is 653. The fraction of sp³-hybridized carbons (Fsp3) is 0.375. The highest BCUT2D eigenvalue weighted by Crippen LogP contribution is 2.35. The van der Waals surface area contributed by atoms with Gasteiger partial charge in [-0.15, -0.1) is 0 Å². The van der Waals surface area contributed by atoms with Crippen LogP contribution in [0.5, 0.6) is 0 Å². The van der Waals surface area contributed by atoms with Gasteiger partial charge in [-0.05, 0) is 37.1 Å². The quantitative estimate of drug-likeness (QED) is 0.907. The first kappa shape index (κ1) is 11.7. The predicted octanol–water partition coefficient (Wildman–Crippen LogP) is 2.71. The van der Waals surface area contributed by atoms with Crippen LogP contribution in [0.2, 0.25) is 0 Å². The molecule has 2 aliphatic heterocycles. The van der Waals surface area contributed by atoms with Crippen molar-refractivity contribution < 1.29 is 0 Å². The molecular weight excluding hydrogens is 248 g/mol. The maximum Gasteiger partial charge on any atom is 0.150 e. The summed E-state index contributed by atoms with van der Waals surface area (Å²) in [6.45, 7) is 4.38. The van der Waals surface area contributed by atoms with Gasteiger partial charge in [0.1, 0.15) is 0 Å². The SMILES string of the molecule is CCc1cc(-c2ccc3c(n2)N[C@H]2CCN3C2)ccn1. The molecule has 0 aliphatic carbocycles. The molecule has 4 nitrogen and oxygen atoms in total. The largest absolute Gasteiger partial charge is 0.366 e. The summed E-state index contributed by atoms with van der Waals surface area (Å²) >= 11 is 0. The fourth-order valence-electron chi connectivity index (χ4n) is 3.10. The zero-order valence-electron chi connectivity index (χ0n) is 11.6. The Morgan fingerprint density at radius 2 is 2.30 bits per heavy atom. The molecule has 2 bridgehead atoms. The van der Waals surface area contributed by atoms with E-state index in [1.807, 2.05) is 12.3 Å². The minimum Gasteiger partial charge on any atom is -0.366 e. The second kappa shape index (κ2) is 4.47. The van der Waals surface area contributed by atoms with E-state index < -0.39 is 0 Å². The van der Waals surface area contributed by atoms with E-state index in [0.29, 0.717) is 6.04 Å². The van der Waals surface area contributed by atoms with E-state index in [1.54, 1.807) is 0 Å². The lowest BCUT2D eigenvalue weighted by Gasteiger charge is -2.28. The molecule has 4 heterocycles. The van der Waals surface area contributed by atoms with Gasteiger partial charge in [-0.25, -0.2) is 4.98 Å². The summed E-state index contributed by atoms with van der Waals surface area (Å²) in [7, 11) is 0. The molecule has 0 amide bonds. The van der Waals surface area contributed by atoms with Gasteiger partial charge in [0.15, 0.2) is 5.82 Å². The molecule has 1 fully saturated rings. The van der Waals surface area contributed by atoms with Gasteiger partial charge in [0.2, 0.25) is 0 Å². The minimum atomic E-state index is 0.564. The molecule has 2 aliphatic rings. The van der Waals surface area contributed by atoms with E-state index in [2.05, 4.69) is 40.3 Å². The third-order valence-corrected chi connectivity index (χ3v) is 4.22. The molecule has 4 heteroatoms. The second-order valence-electron chi connectivity index (χ2n) is 5.53. The number of fused-ring (bicyclic) bond motifs is 4. The average molecular weight is 266 g/mol. The lowest BCUT2D eigenvalue weighted by atomic mass is 10.1. The Hall–Kier alpha value is -2.10. The van der Waals surface area contributed by atoms with E-state index in [9.17, 15) is 0 Å². The summed E-state index contributed by atoms with van der Waals surface area (Å²) in [5, 5.41) is 3.56. The molecule has 1 saturated heterocycles. The molecular formula is C16H18N4. The molecule has 2 aromatic heterocycles. The van der Waals surface area contributed by atoms with Crippen LogP contribution in [0.1, 0.15) is 19.0 Å². The normalized spacial score (nSPS) is 19.6. The number of nitrogens with zero attached hydrogens (tertiary/aromatic N) is 3. The molecule has 2 aromatic rings. The van der Waals surface area contributed by atoms with Crippen molar-refractivity contribution in [3.63, 3.8) is 0 Å². The summed E-state index contributed by atoms with van der Waals surface area (Å²) in [5.74, 6) is 1.03. The summed E-state index contributed by atoms with van der Waals surface area (Å²) < 4.78 is 0. The Morgan fingerprint density at radius 1 is 1.35 bits per heavy atom. The summed E-state index contributed by atoms with van der Waals surface area (Å²) in [6, 6.07) is 9.04. The zero-order valence-corrected chi connectivity index (χ0v) is 11.6. The van der Waals surface area contributed by atoms with Crippen molar-refractivity contribution in [1.29, 1.82) is 0 Å². The number of aryl methyl sites for hydroxylation is 1. The molecule has 0 aromatic carbocycles. The zero-order chi connectivity index (χ0) is 13.5. The maximum absolute atomic E-state index is 4.82. The van der Waals surface area contributed by atoms with Crippen LogP contribution in [0.15, 0.2) is 30.5 Å². The monoisotopic (exact) mass is 266 g/mol. The average Bonchev–Trinajstić information content (AvgIpc) is 2.89. The van der Waals surface area contributed by atoms with Gasteiger partial charge < -0.3 is 10.2 Å². The van der Waals surface area contributed by atoms with Crippen molar-refractivity contribution >= 4 is 11.5 Å². The van der Waals surface area contributed by atoms with Gasteiger partial charge in [-0.1, -0.05) is 6.92 Å².